The standard InChI is InChI=1S/C28H28N2O2/c31-27(29-18-15-22(16-19-29)21-8-2-1-3-9-21)24-12-7-17-30(20-24)28(32)26-14-6-11-23-10-4-5-13-25(23)26/h1-6,8-11,13-15,24H,7,12,16-20H2. The van der Waals surface area contributed by atoms with E-state index in [0.29, 0.717) is 19.6 Å². The summed E-state index contributed by atoms with van der Waals surface area (Å²) in [6.45, 7) is 2.61. The second-order valence-electron chi connectivity index (χ2n) is 8.75. The van der Waals surface area contributed by atoms with Crippen LogP contribution in [-0.2, 0) is 4.79 Å². The maximum atomic E-state index is 13.3. The number of hydrogen-bond acceptors (Lipinski definition) is 2. The van der Waals surface area contributed by atoms with Crippen LogP contribution in [-0.4, -0.2) is 47.8 Å². The van der Waals surface area contributed by atoms with Crippen LogP contribution in [0.1, 0.15) is 35.2 Å². The number of piperidine rings is 1. The molecule has 0 saturated carbocycles. The Kier molecular flexibility index (Phi) is 5.76. The van der Waals surface area contributed by atoms with Gasteiger partial charge >= 0.3 is 0 Å². The monoisotopic (exact) mass is 424 g/mol. The number of benzene rings is 3. The summed E-state index contributed by atoms with van der Waals surface area (Å²) in [6, 6.07) is 24.2. The zero-order valence-electron chi connectivity index (χ0n) is 18.2. The molecular weight excluding hydrogens is 396 g/mol. The predicted octanol–water partition coefficient (Wildman–Crippen LogP) is 5.01. The molecule has 0 aliphatic carbocycles. The van der Waals surface area contributed by atoms with E-state index in [1.807, 2.05) is 58.3 Å². The van der Waals surface area contributed by atoms with Gasteiger partial charge in [0, 0.05) is 31.7 Å². The number of fused-ring (bicyclic) bond motifs is 1. The summed E-state index contributed by atoms with van der Waals surface area (Å²) >= 11 is 0. The van der Waals surface area contributed by atoms with Crippen molar-refractivity contribution in [2.45, 2.75) is 19.3 Å². The largest absolute Gasteiger partial charge is 0.338 e. The molecule has 1 saturated heterocycles. The molecule has 32 heavy (non-hydrogen) atoms. The molecule has 2 aliphatic rings. The maximum absolute atomic E-state index is 13.3. The highest BCUT2D eigenvalue weighted by Crippen LogP contribution is 2.27. The Morgan fingerprint density at radius 2 is 1.59 bits per heavy atom. The van der Waals surface area contributed by atoms with Crippen molar-refractivity contribution in [3.63, 3.8) is 0 Å². The van der Waals surface area contributed by atoms with Crippen molar-refractivity contribution in [2.24, 2.45) is 5.92 Å². The van der Waals surface area contributed by atoms with Gasteiger partial charge in [0.15, 0.2) is 0 Å². The van der Waals surface area contributed by atoms with Crippen molar-refractivity contribution in [3.8, 4) is 0 Å². The van der Waals surface area contributed by atoms with Gasteiger partial charge < -0.3 is 9.80 Å². The summed E-state index contributed by atoms with van der Waals surface area (Å²) in [4.78, 5) is 30.5. The summed E-state index contributed by atoms with van der Waals surface area (Å²) in [7, 11) is 0. The lowest BCUT2D eigenvalue weighted by Gasteiger charge is -2.36. The third kappa shape index (κ3) is 4.05. The molecule has 4 heteroatoms. The van der Waals surface area contributed by atoms with Gasteiger partial charge in [-0.1, -0.05) is 72.8 Å². The van der Waals surface area contributed by atoms with Crippen LogP contribution < -0.4 is 0 Å². The zero-order chi connectivity index (χ0) is 21.9. The quantitative estimate of drug-likeness (QED) is 0.593. The lowest BCUT2D eigenvalue weighted by atomic mass is 9.93. The van der Waals surface area contributed by atoms with Crippen molar-refractivity contribution in [1.29, 1.82) is 0 Å². The fraction of sp³-hybridized carbons (Fsp3) is 0.286. The van der Waals surface area contributed by atoms with Gasteiger partial charge in [-0.15, -0.1) is 0 Å². The fourth-order valence-corrected chi connectivity index (χ4v) is 4.99. The van der Waals surface area contributed by atoms with Crippen molar-refractivity contribution in [1.82, 2.24) is 9.80 Å². The highest BCUT2D eigenvalue weighted by Gasteiger charge is 2.32. The third-order valence-corrected chi connectivity index (χ3v) is 6.74. The first kappa shape index (κ1) is 20.5. The minimum atomic E-state index is -0.116. The summed E-state index contributed by atoms with van der Waals surface area (Å²) in [6.07, 6.45) is 4.77. The molecule has 0 N–H and O–H groups in total. The number of likely N-dealkylation sites (tertiary alicyclic amines) is 1. The van der Waals surface area contributed by atoms with Crippen LogP contribution in [0.15, 0.2) is 78.9 Å². The molecule has 0 bridgehead atoms. The lowest BCUT2D eigenvalue weighted by molar-refractivity contribution is -0.136. The first-order valence-electron chi connectivity index (χ1n) is 11.5. The minimum absolute atomic E-state index is 0.0317. The van der Waals surface area contributed by atoms with E-state index in [-0.39, 0.29) is 17.7 Å². The number of rotatable bonds is 3. The highest BCUT2D eigenvalue weighted by molar-refractivity contribution is 6.07. The Morgan fingerprint density at radius 1 is 0.812 bits per heavy atom. The van der Waals surface area contributed by atoms with E-state index in [4.69, 9.17) is 0 Å². The first-order valence-corrected chi connectivity index (χ1v) is 11.5. The van der Waals surface area contributed by atoms with E-state index < -0.39 is 0 Å². The molecule has 1 unspecified atom stereocenters. The van der Waals surface area contributed by atoms with Crippen molar-refractivity contribution in [3.05, 3.63) is 90.0 Å². The Morgan fingerprint density at radius 3 is 2.41 bits per heavy atom. The fourth-order valence-electron chi connectivity index (χ4n) is 4.99. The van der Waals surface area contributed by atoms with Crippen LogP contribution in [0.5, 0.6) is 0 Å². The molecule has 1 fully saturated rings. The molecule has 3 aromatic carbocycles. The number of amides is 2. The molecule has 0 aromatic heterocycles. The maximum Gasteiger partial charge on any atom is 0.254 e. The van der Waals surface area contributed by atoms with Gasteiger partial charge in [-0.3, -0.25) is 9.59 Å². The average Bonchev–Trinajstić information content (AvgIpc) is 2.88. The summed E-state index contributed by atoms with van der Waals surface area (Å²) < 4.78 is 0. The number of carbonyl (C=O) groups excluding carboxylic acids is 2. The van der Waals surface area contributed by atoms with Gasteiger partial charge in [0.2, 0.25) is 5.91 Å². The molecule has 4 nitrogen and oxygen atoms in total. The molecule has 1 atom stereocenters. The Balaban J connectivity index is 1.27. The Bertz CT molecular complexity index is 1160. The molecule has 2 amide bonds. The van der Waals surface area contributed by atoms with E-state index in [0.717, 1.165) is 42.1 Å². The molecule has 2 aliphatic heterocycles. The molecule has 2 heterocycles. The van der Waals surface area contributed by atoms with Crippen LogP contribution in [0.2, 0.25) is 0 Å². The van der Waals surface area contributed by atoms with Gasteiger partial charge in [-0.2, -0.15) is 0 Å². The second-order valence-corrected chi connectivity index (χ2v) is 8.75. The van der Waals surface area contributed by atoms with Gasteiger partial charge in [-0.05, 0) is 47.2 Å². The third-order valence-electron chi connectivity index (χ3n) is 6.74. The van der Waals surface area contributed by atoms with Gasteiger partial charge in [0.05, 0.1) is 5.92 Å². The van der Waals surface area contributed by atoms with Crippen molar-refractivity contribution >= 4 is 28.2 Å². The molecule has 0 spiro atoms. The molecule has 0 radical (unpaired) electrons. The van der Waals surface area contributed by atoms with Crippen molar-refractivity contribution < 1.29 is 9.59 Å². The predicted molar refractivity (Wildman–Crippen MR) is 128 cm³/mol. The number of nitrogens with zero attached hydrogens (tertiary/aromatic N) is 2. The van der Waals surface area contributed by atoms with E-state index in [1.165, 1.54) is 11.1 Å². The minimum Gasteiger partial charge on any atom is -0.338 e. The summed E-state index contributed by atoms with van der Waals surface area (Å²) in [5.74, 6) is 0.0994. The molecule has 5 rings (SSSR count). The summed E-state index contributed by atoms with van der Waals surface area (Å²) in [5.41, 5.74) is 3.28. The number of carbonyl (C=O) groups is 2. The summed E-state index contributed by atoms with van der Waals surface area (Å²) in [5, 5.41) is 2.04. The van der Waals surface area contributed by atoms with Crippen molar-refractivity contribution in [2.75, 3.05) is 26.2 Å². The van der Waals surface area contributed by atoms with Crippen LogP contribution >= 0.6 is 0 Å². The van der Waals surface area contributed by atoms with E-state index in [9.17, 15) is 9.59 Å². The topological polar surface area (TPSA) is 40.6 Å². The van der Waals surface area contributed by atoms with Crippen LogP contribution in [0.25, 0.3) is 16.3 Å². The molecule has 3 aromatic rings. The van der Waals surface area contributed by atoms with E-state index in [2.05, 4.69) is 30.3 Å². The highest BCUT2D eigenvalue weighted by atomic mass is 16.2. The van der Waals surface area contributed by atoms with Crippen LogP contribution in [0, 0.1) is 5.92 Å². The molecular formula is C28H28N2O2. The Labute approximate surface area is 189 Å². The van der Waals surface area contributed by atoms with Crippen LogP contribution in [0.3, 0.4) is 0 Å². The van der Waals surface area contributed by atoms with E-state index >= 15 is 0 Å². The van der Waals surface area contributed by atoms with Crippen LogP contribution in [0.4, 0.5) is 0 Å². The lowest BCUT2D eigenvalue weighted by Crippen LogP contribution is -2.47. The SMILES string of the molecule is O=C(c1cccc2ccccc12)N1CCCC(C(=O)N2CC=C(c3ccccc3)CC2)C1. The Hall–Kier alpha value is -3.40. The van der Waals surface area contributed by atoms with Gasteiger partial charge in [0.1, 0.15) is 0 Å². The normalized spacial score (nSPS) is 19.0. The molecule has 162 valence electrons. The van der Waals surface area contributed by atoms with Gasteiger partial charge in [-0.25, -0.2) is 0 Å². The average molecular weight is 425 g/mol. The smallest absolute Gasteiger partial charge is 0.254 e. The van der Waals surface area contributed by atoms with E-state index in [1.54, 1.807) is 0 Å². The second kappa shape index (κ2) is 8.99. The zero-order valence-corrected chi connectivity index (χ0v) is 18.2. The van der Waals surface area contributed by atoms with Gasteiger partial charge in [0.25, 0.3) is 5.91 Å². The number of hydrogen-bond donors (Lipinski definition) is 0. The first-order chi connectivity index (χ1) is 15.7.